The van der Waals surface area contributed by atoms with Crippen LogP contribution in [0.2, 0.25) is 0 Å². The van der Waals surface area contributed by atoms with Crippen LogP contribution < -0.4 is 0 Å². The van der Waals surface area contributed by atoms with Gasteiger partial charge in [0.2, 0.25) is 0 Å². The van der Waals surface area contributed by atoms with Crippen molar-refractivity contribution in [1.29, 1.82) is 0 Å². The first-order chi connectivity index (χ1) is 11.3. The Balaban J connectivity index is 2.16. The Hall–Kier alpha value is -2.61. The predicted molar refractivity (Wildman–Crippen MR) is 93.6 cm³/mol. The lowest BCUT2D eigenvalue weighted by molar-refractivity contribution is -0.114. The minimum absolute atomic E-state index is 0.0922. The molecule has 0 fully saturated rings. The van der Waals surface area contributed by atoms with Gasteiger partial charge in [-0.3, -0.25) is 4.79 Å². The van der Waals surface area contributed by atoms with E-state index in [0.29, 0.717) is 6.61 Å². The number of allylic oxidation sites excluding steroid dienone is 2. The third kappa shape index (κ3) is 3.59. The Morgan fingerprint density at radius 3 is 2.30 bits per heavy atom. The molecule has 0 atom stereocenters. The first-order valence-corrected chi connectivity index (χ1v) is 7.95. The molecule has 0 aliphatic carbocycles. The molecule has 0 spiro atoms. The van der Waals surface area contributed by atoms with E-state index in [-0.39, 0.29) is 5.78 Å². The molecule has 2 aromatic rings. The molecule has 2 nitrogen and oxygen atoms in total. The number of rotatable bonds is 4. The van der Waals surface area contributed by atoms with Crippen LogP contribution in [0.15, 0.2) is 72.0 Å². The summed E-state index contributed by atoms with van der Waals surface area (Å²) in [6, 6.07) is 20.2. The second kappa shape index (κ2) is 7.10. The lowest BCUT2D eigenvalue weighted by atomic mass is 9.93. The van der Waals surface area contributed by atoms with Crippen LogP contribution in [0.25, 0.3) is 11.6 Å². The molecule has 0 saturated heterocycles. The van der Waals surface area contributed by atoms with Crippen LogP contribution in [-0.2, 0) is 9.53 Å². The quantitative estimate of drug-likeness (QED) is 0.752. The zero-order valence-corrected chi connectivity index (χ0v) is 13.3. The summed E-state index contributed by atoms with van der Waals surface area (Å²) in [4.78, 5) is 12.0. The number of hydrogen-bond acceptors (Lipinski definition) is 2. The van der Waals surface area contributed by atoms with Gasteiger partial charge in [0.25, 0.3) is 0 Å². The highest BCUT2D eigenvalue weighted by Crippen LogP contribution is 2.33. The standard InChI is InChI=1S/C21H20O2/c1-16(22)19-13-8-14-23-21(19)20(18-11-6-3-7-12-18)15-17-9-4-2-5-10-17/h2-7,9-12,15H,8,13-14H2,1H3/b20-15-. The Bertz CT molecular complexity index is 740. The monoisotopic (exact) mass is 304 g/mol. The van der Waals surface area contributed by atoms with E-state index in [0.717, 1.165) is 40.9 Å². The molecule has 0 amide bonds. The van der Waals surface area contributed by atoms with Gasteiger partial charge in [0.15, 0.2) is 5.78 Å². The highest BCUT2D eigenvalue weighted by Gasteiger charge is 2.21. The van der Waals surface area contributed by atoms with E-state index >= 15 is 0 Å². The van der Waals surface area contributed by atoms with Crippen molar-refractivity contribution in [2.75, 3.05) is 6.61 Å². The van der Waals surface area contributed by atoms with Crippen molar-refractivity contribution in [2.45, 2.75) is 19.8 Å². The van der Waals surface area contributed by atoms with E-state index in [2.05, 4.69) is 30.3 Å². The van der Waals surface area contributed by atoms with Crippen molar-refractivity contribution < 1.29 is 9.53 Å². The first-order valence-electron chi connectivity index (χ1n) is 7.95. The van der Waals surface area contributed by atoms with E-state index in [1.807, 2.05) is 36.4 Å². The number of Topliss-reactive ketones (excluding diaryl/α,β-unsaturated/α-hetero) is 1. The van der Waals surface area contributed by atoms with Crippen LogP contribution >= 0.6 is 0 Å². The van der Waals surface area contributed by atoms with Gasteiger partial charge in [-0.1, -0.05) is 60.7 Å². The van der Waals surface area contributed by atoms with Gasteiger partial charge in [0.05, 0.1) is 6.61 Å². The molecule has 1 aliphatic rings. The Morgan fingerprint density at radius 1 is 1.00 bits per heavy atom. The molecule has 0 aromatic heterocycles. The Kier molecular flexibility index (Phi) is 4.72. The maximum atomic E-state index is 12.0. The van der Waals surface area contributed by atoms with Gasteiger partial charge in [-0.15, -0.1) is 0 Å². The molecule has 0 saturated carbocycles. The predicted octanol–water partition coefficient (Wildman–Crippen LogP) is 4.88. The van der Waals surface area contributed by atoms with Crippen molar-refractivity contribution in [3.05, 3.63) is 83.1 Å². The van der Waals surface area contributed by atoms with Crippen LogP contribution in [0, 0.1) is 0 Å². The fraction of sp³-hybridized carbons (Fsp3) is 0.190. The maximum absolute atomic E-state index is 12.0. The number of hydrogen-bond donors (Lipinski definition) is 0. The molecule has 0 unspecified atom stereocenters. The molecule has 0 bridgehead atoms. The number of ketones is 1. The molecular formula is C21H20O2. The normalized spacial score (nSPS) is 15.3. The molecule has 2 heteroatoms. The summed E-state index contributed by atoms with van der Waals surface area (Å²) in [6.07, 6.45) is 3.77. The smallest absolute Gasteiger partial charge is 0.159 e. The highest BCUT2D eigenvalue weighted by atomic mass is 16.5. The van der Waals surface area contributed by atoms with E-state index in [1.165, 1.54) is 0 Å². The number of ether oxygens (including phenoxy) is 1. The molecule has 1 aliphatic heterocycles. The minimum Gasteiger partial charge on any atom is -0.493 e. The van der Waals surface area contributed by atoms with Crippen LogP contribution in [0.1, 0.15) is 30.9 Å². The summed E-state index contributed by atoms with van der Waals surface area (Å²) in [5, 5.41) is 0. The summed E-state index contributed by atoms with van der Waals surface area (Å²) in [5.41, 5.74) is 3.92. The molecule has 0 N–H and O–H groups in total. The summed E-state index contributed by atoms with van der Waals surface area (Å²) in [7, 11) is 0. The van der Waals surface area contributed by atoms with Gasteiger partial charge in [-0.2, -0.15) is 0 Å². The Morgan fingerprint density at radius 2 is 1.65 bits per heavy atom. The summed E-state index contributed by atoms with van der Waals surface area (Å²) >= 11 is 0. The highest BCUT2D eigenvalue weighted by molar-refractivity contribution is 6.00. The topological polar surface area (TPSA) is 26.3 Å². The van der Waals surface area contributed by atoms with E-state index in [4.69, 9.17) is 4.74 Å². The van der Waals surface area contributed by atoms with Crippen molar-refractivity contribution in [1.82, 2.24) is 0 Å². The zero-order chi connectivity index (χ0) is 16.1. The van der Waals surface area contributed by atoms with Crippen LogP contribution in [0.4, 0.5) is 0 Å². The van der Waals surface area contributed by atoms with Gasteiger partial charge < -0.3 is 4.74 Å². The largest absolute Gasteiger partial charge is 0.493 e. The van der Waals surface area contributed by atoms with Gasteiger partial charge >= 0.3 is 0 Å². The number of benzene rings is 2. The summed E-state index contributed by atoms with van der Waals surface area (Å²) in [6.45, 7) is 2.28. The van der Waals surface area contributed by atoms with E-state index in [1.54, 1.807) is 6.92 Å². The molecule has 3 rings (SSSR count). The molecule has 0 radical (unpaired) electrons. The average molecular weight is 304 g/mol. The summed E-state index contributed by atoms with van der Waals surface area (Å²) < 4.78 is 5.93. The first kappa shape index (κ1) is 15.3. The Labute approximate surface area is 137 Å². The fourth-order valence-electron chi connectivity index (χ4n) is 2.81. The lowest BCUT2D eigenvalue weighted by Gasteiger charge is -2.22. The summed E-state index contributed by atoms with van der Waals surface area (Å²) in [5.74, 6) is 0.827. The third-order valence-corrected chi connectivity index (χ3v) is 3.96. The number of carbonyl (C=O) groups excluding carboxylic acids is 1. The molecular weight excluding hydrogens is 284 g/mol. The fourth-order valence-corrected chi connectivity index (χ4v) is 2.81. The van der Waals surface area contributed by atoms with Crippen LogP contribution in [0.5, 0.6) is 0 Å². The average Bonchev–Trinajstić information content (AvgIpc) is 2.61. The molecule has 2 aromatic carbocycles. The van der Waals surface area contributed by atoms with Crippen LogP contribution in [-0.4, -0.2) is 12.4 Å². The van der Waals surface area contributed by atoms with Crippen molar-refractivity contribution in [2.24, 2.45) is 0 Å². The SMILES string of the molecule is CC(=O)C1=C(/C(=C\c2ccccc2)c2ccccc2)OCCC1. The van der Waals surface area contributed by atoms with Gasteiger partial charge in [0.1, 0.15) is 5.76 Å². The van der Waals surface area contributed by atoms with Gasteiger partial charge in [-0.05, 0) is 37.0 Å². The zero-order valence-electron chi connectivity index (χ0n) is 13.3. The van der Waals surface area contributed by atoms with E-state index < -0.39 is 0 Å². The van der Waals surface area contributed by atoms with Crippen molar-refractivity contribution in [3.8, 4) is 0 Å². The minimum atomic E-state index is 0.0922. The van der Waals surface area contributed by atoms with E-state index in [9.17, 15) is 4.79 Å². The van der Waals surface area contributed by atoms with Crippen LogP contribution in [0.3, 0.4) is 0 Å². The third-order valence-electron chi connectivity index (χ3n) is 3.96. The van der Waals surface area contributed by atoms with Crippen molar-refractivity contribution >= 4 is 17.4 Å². The second-order valence-electron chi connectivity index (χ2n) is 5.65. The maximum Gasteiger partial charge on any atom is 0.159 e. The lowest BCUT2D eigenvalue weighted by Crippen LogP contribution is -2.13. The molecule has 116 valence electrons. The molecule has 1 heterocycles. The van der Waals surface area contributed by atoms with Gasteiger partial charge in [0, 0.05) is 11.1 Å². The van der Waals surface area contributed by atoms with Crippen molar-refractivity contribution in [3.63, 3.8) is 0 Å². The van der Waals surface area contributed by atoms with Gasteiger partial charge in [-0.25, -0.2) is 0 Å². The second-order valence-corrected chi connectivity index (χ2v) is 5.65. The molecule has 23 heavy (non-hydrogen) atoms. The number of carbonyl (C=O) groups is 1.